The molecule has 30 heavy (non-hydrogen) atoms. The van der Waals surface area contributed by atoms with E-state index in [0.717, 1.165) is 6.20 Å². The minimum Gasteiger partial charge on any atom is -0.490 e. The van der Waals surface area contributed by atoms with E-state index in [1.54, 1.807) is 13.0 Å². The van der Waals surface area contributed by atoms with E-state index in [2.05, 4.69) is 4.98 Å². The summed E-state index contributed by atoms with van der Waals surface area (Å²) in [5, 5.41) is -0.494. The van der Waals surface area contributed by atoms with Crippen LogP contribution in [0.15, 0.2) is 36.5 Å². The normalized spacial score (nSPS) is 20.7. The number of hydrogen-bond acceptors (Lipinski definition) is 5. The highest BCUT2D eigenvalue weighted by atomic mass is 32.2. The van der Waals surface area contributed by atoms with Crippen molar-refractivity contribution in [3.63, 3.8) is 0 Å². The third-order valence-corrected chi connectivity index (χ3v) is 8.06. The van der Waals surface area contributed by atoms with E-state index in [9.17, 15) is 17.2 Å². The van der Waals surface area contributed by atoms with Crippen LogP contribution in [0, 0.1) is 23.5 Å². The zero-order valence-corrected chi connectivity index (χ0v) is 18.0. The van der Waals surface area contributed by atoms with Crippen LogP contribution in [0.4, 0.5) is 8.78 Å². The Hall–Kier alpha value is -2.06. The number of ether oxygens (including phenoxy) is 2. The highest BCUT2D eigenvalue weighted by molar-refractivity contribution is 7.92. The average molecular weight is 440 g/mol. The van der Waals surface area contributed by atoms with Crippen LogP contribution in [0.3, 0.4) is 0 Å². The van der Waals surface area contributed by atoms with Crippen LogP contribution < -0.4 is 4.74 Å². The molecule has 0 bridgehead atoms. The molecule has 8 heteroatoms. The maximum absolute atomic E-state index is 14.6. The third-order valence-electron chi connectivity index (χ3n) is 5.60. The Morgan fingerprint density at radius 2 is 2.07 bits per heavy atom. The van der Waals surface area contributed by atoms with Crippen molar-refractivity contribution in [2.45, 2.75) is 31.9 Å². The molecule has 1 aromatic carbocycles. The molecule has 5 nitrogen and oxygen atoms in total. The Labute approximate surface area is 176 Å². The smallest absolute Gasteiger partial charge is 0.165 e. The van der Waals surface area contributed by atoms with E-state index in [0.29, 0.717) is 37.3 Å². The second-order valence-electron chi connectivity index (χ2n) is 7.68. The molecule has 2 aromatic rings. The number of benzene rings is 1. The summed E-state index contributed by atoms with van der Waals surface area (Å²) in [6, 6.07) is 7.20. The SMILES string of the molecule is CCCS(=O)(=O)C(C)C1CCOCC1COc1ccc(-c2ccc(F)cn2)cc1F. The van der Waals surface area contributed by atoms with Crippen LogP contribution in [0.25, 0.3) is 11.3 Å². The molecular weight excluding hydrogens is 412 g/mol. The monoisotopic (exact) mass is 439 g/mol. The summed E-state index contributed by atoms with van der Waals surface area (Å²) < 4.78 is 63.9. The molecule has 0 spiro atoms. The minimum atomic E-state index is -3.19. The van der Waals surface area contributed by atoms with Crippen LogP contribution in [0.1, 0.15) is 26.7 Å². The molecule has 1 saturated heterocycles. The fourth-order valence-electron chi connectivity index (χ4n) is 3.86. The van der Waals surface area contributed by atoms with E-state index in [-0.39, 0.29) is 29.9 Å². The molecule has 0 aliphatic carbocycles. The van der Waals surface area contributed by atoms with Gasteiger partial charge in [0.2, 0.25) is 0 Å². The van der Waals surface area contributed by atoms with Crippen molar-refractivity contribution in [3.05, 3.63) is 48.2 Å². The van der Waals surface area contributed by atoms with Gasteiger partial charge in [0.15, 0.2) is 21.4 Å². The predicted molar refractivity (Wildman–Crippen MR) is 111 cm³/mol. The Kier molecular flexibility index (Phi) is 7.41. The zero-order chi connectivity index (χ0) is 21.7. The number of rotatable bonds is 8. The second-order valence-corrected chi connectivity index (χ2v) is 10.2. The summed E-state index contributed by atoms with van der Waals surface area (Å²) in [5.41, 5.74) is 0.968. The van der Waals surface area contributed by atoms with Crippen LogP contribution >= 0.6 is 0 Å². The van der Waals surface area contributed by atoms with E-state index in [1.165, 1.54) is 24.3 Å². The molecule has 0 amide bonds. The first-order chi connectivity index (χ1) is 14.3. The molecule has 3 atom stereocenters. The van der Waals surface area contributed by atoms with Crippen LogP contribution in [0.5, 0.6) is 5.75 Å². The van der Waals surface area contributed by atoms with E-state index in [4.69, 9.17) is 9.47 Å². The zero-order valence-electron chi connectivity index (χ0n) is 17.2. The van der Waals surface area contributed by atoms with Crippen molar-refractivity contribution in [1.29, 1.82) is 0 Å². The lowest BCUT2D eigenvalue weighted by molar-refractivity contribution is -0.00286. The summed E-state index contributed by atoms with van der Waals surface area (Å²) in [4.78, 5) is 3.95. The molecule has 3 rings (SSSR count). The van der Waals surface area contributed by atoms with Crippen LogP contribution in [-0.2, 0) is 14.6 Å². The molecular formula is C22H27F2NO4S. The van der Waals surface area contributed by atoms with E-state index in [1.807, 2.05) is 6.92 Å². The number of hydrogen-bond donors (Lipinski definition) is 0. The first-order valence-corrected chi connectivity index (χ1v) is 11.9. The molecule has 2 heterocycles. The summed E-state index contributed by atoms with van der Waals surface area (Å²) in [5.74, 6) is -1.02. The van der Waals surface area contributed by atoms with Crippen LogP contribution in [-0.4, -0.2) is 44.2 Å². The highest BCUT2D eigenvalue weighted by Gasteiger charge is 2.36. The second kappa shape index (κ2) is 9.83. The van der Waals surface area contributed by atoms with Crippen molar-refractivity contribution < 1.29 is 26.7 Å². The first-order valence-electron chi connectivity index (χ1n) is 10.2. The molecule has 0 radical (unpaired) electrons. The van der Waals surface area contributed by atoms with Gasteiger partial charge >= 0.3 is 0 Å². The maximum atomic E-state index is 14.6. The summed E-state index contributed by atoms with van der Waals surface area (Å²) in [6.45, 7) is 4.67. The van der Waals surface area contributed by atoms with Crippen molar-refractivity contribution in [1.82, 2.24) is 4.98 Å². The Balaban J connectivity index is 1.69. The quantitative estimate of drug-likeness (QED) is 0.615. The van der Waals surface area contributed by atoms with Gasteiger partial charge in [-0.25, -0.2) is 17.2 Å². The lowest BCUT2D eigenvalue weighted by atomic mass is 9.86. The first kappa shape index (κ1) is 22.6. The Morgan fingerprint density at radius 3 is 2.73 bits per heavy atom. The molecule has 1 fully saturated rings. The fourth-order valence-corrected chi connectivity index (χ4v) is 5.69. The van der Waals surface area contributed by atoms with Gasteiger partial charge in [0, 0.05) is 18.1 Å². The molecule has 1 aliphatic rings. The lowest BCUT2D eigenvalue weighted by Gasteiger charge is -2.35. The minimum absolute atomic E-state index is 0.0780. The molecule has 1 aliphatic heterocycles. The van der Waals surface area contributed by atoms with Gasteiger partial charge in [-0.15, -0.1) is 0 Å². The number of pyridine rings is 1. The predicted octanol–water partition coefficient (Wildman–Crippen LogP) is 4.27. The van der Waals surface area contributed by atoms with Gasteiger partial charge in [0.05, 0.1) is 36.1 Å². The van der Waals surface area contributed by atoms with Gasteiger partial charge in [-0.1, -0.05) is 6.92 Å². The van der Waals surface area contributed by atoms with Crippen molar-refractivity contribution >= 4 is 9.84 Å². The van der Waals surface area contributed by atoms with Crippen molar-refractivity contribution in [2.24, 2.45) is 11.8 Å². The molecule has 0 saturated carbocycles. The van der Waals surface area contributed by atoms with E-state index >= 15 is 0 Å². The van der Waals surface area contributed by atoms with Gasteiger partial charge in [0.25, 0.3) is 0 Å². The van der Waals surface area contributed by atoms with Crippen molar-refractivity contribution in [3.8, 4) is 17.0 Å². The average Bonchev–Trinajstić information content (AvgIpc) is 2.73. The number of nitrogens with zero attached hydrogens (tertiary/aromatic N) is 1. The third kappa shape index (κ3) is 5.35. The van der Waals surface area contributed by atoms with Gasteiger partial charge in [-0.3, -0.25) is 4.98 Å². The summed E-state index contributed by atoms with van der Waals surface area (Å²) in [7, 11) is -3.19. The highest BCUT2D eigenvalue weighted by Crippen LogP contribution is 2.31. The molecule has 0 N–H and O–H groups in total. The fraction of sp³-hybridized carbons (Fsp3) is 0.500. The van der Waals surface area contributed by atoms with Gasteiger partial charge < -0.3 is 9.47 Å². The van der Waals surface area contributed by atoms with Gasteiger partial charge in [-0.2, -0.15) is 0 Å². The lowest BCUT2D eigenvalue weighted by Crippen LogP contribution is -2.41. The van der Waals surface area contributed by atoms with E-state index < -0.39 is 26.7 Å². The summed E-state index contributed by atoms with van der Waals surface area (Å²) >= 11 is 0. The topological polar surface area (TPSA) is 65.5 Å². The number of sulfone groups is 1. The molecule has 164 valence electrons. The molecule has 3 unspecified atom stereocenters. The van der Waals surface area contributed by atoms with Gasteiger partial charge in [0.1, 0.15) is 5.82 Å². The summed E-state index contributed by atoms with van der Waals surface area (Å²) in [6.07, 6.45) is 2.29. The number of aromatic nitrogens is 1. The molecule has 1 aromatic heterocycles. The Morgan fingerprint density at radius 1 is 1.27 bits per heavy atom. The Bertz CT molecular complexity index is 950. The largest absolute Gasteiger partial charge is 0.490 e. The maximum Gasteiger partial charge on any atom is 0.165 e. The van der Waals surface area contributed by atoms with Crippen LogP contribution in [0.2, 0.25) is 0 Å². The standard InChI is InChI=1S/C22H27F2NO4S/c1-3-10-30(26,27)15(2)19-8-9-28-13-17(19)14-29-22-7-4-16(11-20(22)24)21-6-5-18(23)12-25-21/h4-7,11-12,15,17,19H,3,8-10,13-14H2,1-2H3. The van der Waals surface area contributed by atoms with Gasteiger partial charge in [-0.05, 0) is 56.0 Å². The van der Waals surface area contributed by atoms with Crippen molar-refractivity contribution in [2.75, 3.05) is 25.6 Å². The number of halogens is 2.